The Hall–Kier alpha value is -1.55. The number of rotatable bonds is 49. The van der Waals surface area contributed by atoms with Crippen molar-refractivity contribution in [1.29, 1.82) is 0 Å². The molecule has 3 N–H and O–H groups in total. The summed E-state index contributed by atoms with van der Waals surface area (Å²) in [7, 11) is -4.62. The van der Waals surface area contributed by atoms with Gasteiger partial charge in [-0.1, -0.05) is 218 Å². The number of ether oxygens (including phenoxy) is 2. The van der Waals surface area contributed by atoms with Crippen LogP contribution in [0.3, 0.4) is 0 Å². The highest BCUT2D eigenvalue weighted by atomic mass is 31.2. The van der Waals surface area contributed by atoms with Crippen molar-refractivity contribution in [2.24, 2.45) is 0 Å². The molecule has 0 aromatic heterocycles. The topological polar surface area (TPSA) is 149 Å². The average molecular weight is 901 g/mol. The first-order valence-electron chi connectivity index (χ1n) is 25.8. The molecule has 0 spiro atoms. The van der Waals surface area contributed by atoms with Crippen LogP contribution in [0.4, 0.5) is 0 Å². The van der Waals surface area contributed by atoms with Crippen molar-refractivity contribution in [3.8, 4) is 0 Å². The molecule has 0 radical (unpaired) electrons. The van der Waals surface area contributed by atoms with E-state index < -0.39 is 51.8 Å². The highest BCUT2D eigenvalue weighted by Crippen LogP contribution is 2.43. The zero-order chi connectivity index (χ0) is 45.5. The van der Waals surface area contributed by atoms with Crippen LogP contribution < -0.4 is 0 Å². The smallest absolute Gasteiger partial charge is 0.462 e. The Balaban J connectivity index is 4.14. The number of carbonyl (C=O) groups excluding carboxylic acids is 2. The molecule has 0 saturated carbocycles. The van der Waals surface area contributed by atoms with E-state index in [1.54, 1.807) is 0 Å². The van der Waals surface area contributed by atoms with Crippen molar-refractivity contribution in [1.82, 2.24) is 0 Å². The molecule has 0 aromatic carbocycles. The highest BCUT2D eigenvalue weighted by Gasteiger charge is 2.27. The third-order valence-electron chi connectivity index (χ3n) is 11.4. The third-order valence-corrected chi connectivity index (χ3v) is 12.3. The molecule has 11 heteroatoms. The lowest BCUT2D eigenvalue weighted by Crippen LogP contribution is -2.29. The first-order chi connectivity index (χ1) is 30.2. The largest absolute Gasteiger partial charge is 0.472 e. The summed E-state index contributed by atoms with van der Waals surface area (Å²) in [5.74, 6) is -0.920. The minimum absolute atomic E-state index is 0.188. The normalized spacial score (nSPS) is 13.8. The highest BCUT2D eigenvalue weighted by molar-refractivity contribution is 7.47. The van der Waals surface area contributed by atoms with Crippen LogP contribution in [0.2, 0.25) is 0 Å². The van der Waals surface area contributed by atoms with Gasteiger partial charge in [0, 0.05) is 12.8 Å². The lowest BCUT2D eigenvalue weighted by atomic mass is 10.0. The zero-order valence-corrected chi connectivity index (χ0v) is 41.0. The van der Waals surface area contributed by atoms with Crippen LogP contribution in [0.25, 0.3) is 0 Å². The van der Waals surface area contributed by atoms with Crippen molar-refractivity contribution in [2.75, 3.05) is 26.4 Å². The fraction of sp³-hybridized carbons (Fsp3) is 0.882. The number of carbonyl (C=O) groups is 2. The summed E-state index contributed by atoms with van der Waals surface area (Å²) in [5, 5.41) is 18.4. The molecule has 62 heavy (non-hydrogen) atoms. The zero-order valence-electron chi connectivity index (χ0n) is 40.1. The van der Waals surface area contributed by atoms with E-state index in [9.17, 15) is 24.2 Å². The van der Waals surface area contributed by atoms with Crippen LogP contribution in [-0.4, -0.2) is 65.7 Å². The Morgan fingerprint density at radius 2 is 0.839 bits per heavy atom. The molecule has 0 aliphatic carbocycles. The number of phosphoric acid groups is 1. The van der Waals surface area contributed by atoms with Crippen molar-refractivity contribution >= 4 is 19.8 Å². The van der Waals surface area contributed by atoms with Crippen LogP contribution in [0.1, 0.15) is 251 Å². The molecular weight excluding hydrogens is 804 g/mol. The van der Waals surface area contributed by atoms with Crippen molar-refractivity contribution in [3.05, 3.63) is 24.3 Å². The Morgan fingerprint density at radius 1 is 0.484 bits per heavy atom. The minimum atomic E-state index is -4.62. The number of unbranched alkanes of at least 4 members (excludes halogenated alkanes) is 31. The molecule has 1 unspecified atom stereocenters. The van der Waals surface area contributed by atoms with Gasteiger partial charge in [-0.2, -0.15) is 0 Å². The lowest BCUT2D eigenvalue weighted by molar-refractivity contribution is -0.161. The number of aliphatic hydroxyl groups is 2. The van der Waals surface area contributed by atoms with Gasteiger partial charge < -0.3 is 24.6 Å². The minimum Gasteiger partial charge on any atom is -0.462 e. The maximum absolute atomic E-state index is 12.7. The second-order valence-corrected chi connectivity index (χ2v) is 19.0. The number of esters is 2. The van der Waals surface area contributed by atoms with E-state index in [4.69, 9.17) is 23.6 Å². The van der Waals surface area contributed by atoms with Gasteiger partial charge in [0.1, 0.15) is 12.7 Å². The maximum atomic E-state index is 12.7. The number of phosphoric ester groups is 1. The third kappa shape index (κ3) is 46.4. The fourth-order valence-electron chi connectivity index (χ4n) is 7.38. The van der Waals surface area contributed by atoms with E-state index >= 15 is 0 Å². The summed E-state index contributed by atoms with van der Waals surface area (Å²) in [6, 6.07) is 0. The average Bonchev–Trinajstić information content (AvgIpc) is 3.26. The maximum Gasteiger partial charge on any atom is 0.472 e. The summed E-state index contributed by atoms with van der Waals surface area (Å²) in [6.07, 6.45) is 50.0. The van der Waals surface area contributed by atoms with Crippen LogP contribution in [0, 0.1) is 0 Å². The molecule has 366 valence electrons. The van der Waals surface area contributed by atoms with E-state index in [1.807, 2.05) is 0 Å². The van der Waals surface area contributed by atoms with Gasteiger partial charge in [0.15, 0.2) is 6.10 Å². The van der Waals surface area contributed by atoms with Crippen molar-refractivity contribution < 1.29 is 47.8 Å². The lowest BCUT2D eigenvalue weighted by Gasteiger charge is -2.20. The van der Waals surface area contributed by atoms with E-state index in [0.717, 1.165) is 51.4 Å². The van der Waals surface area contributed by atoms with Gasteiger partial charge in [0.25, 0.3) is 0 Å². The molecule has 0 aliphatic rings. The molecule has 0 rings (SSSR count). The van der Waals surface area contributed by atoms with Crippen molar-refractivity contribution in [3.63, 3.8) is 0 Å². The SMILES string of the molecule is CCCCC/C=C/C/C=C/CCCCCCCCCC(=O)OC[C@H](COP(=O)(O)OC[C@@H](O)CO)OC(=O)CCCCCCCCCCCCCCCCCCCCCCCC. The van der Waals surface area contributed by atoms with Gasteiger partial charge in [-0.3, -0.25) is 18.6 Å². The fourth-order valence-corrected chi connectivity index (χ4v) is 8.17. The van der Waals surface area contributed by atoms with Gasteiger partial charge in [-0.05, 0) is 44.9 Å². The second kappa shape index (κ2) is 47.4. The predicted molar refractivity (Wildman–Crippen MR) is 256 cm³/mol. The van der Waals surface area contributed by atoms with Crippen molar-refractivity contribution in [2.45, 2.75) is 264 Å². The summed E-state index contributed by atoms with van der Waals surface area (Å²) >= 11 is 0. The Bertz CT molecular complexity index is 1080. The molecule has 0 heterocycles. The van der Waals surface area contributed by atoms with Crippen LogP contribution in [0.15, 0.2) is 24.3 Å². The number of hydrogen-bond acceptors (Lipinski definition) is 9. The number of aliphatic hydroxyl groups excluding tert-OH is 2. The van der Waals surface area contributed by atoms with Crippen LogP contribution in [0.5, 0.6) is 0 Å². The Kier molecular flexibility index (Phi) is 46.2. The first kappa shape index (κ1) is 60.5. The van der Waals surface area contributed by atoms with E-state index in [1.165, 1.54) is 161 Å². The summed E-state index contributed by atoms with van der Waals surface area (Å²) in [4.78, 5) is 35.2. The van der Waals surface area contributed by atoms with Gasteiger partial charge in [-0.15, -0.1) is 0 Å². The monoisotopic (exact) mass is 901 g/mol. The molecule has 0 aliphatic heterocycles. The second-order valence-electron chi connectivity index (χ2n) is 17.6. The molecule has 0 aromatic rings. The summed E-state index contributed by atoms with van der Waals surface area (Å²) < 4.78 is 32.9. The predicted octanol–water partition coefficient (Wildman–Crippen LogP) is 14.5. The molecule has 0 fully saturated rings. The van der Waals surface area contributed by atoms with E-state index in [0.29, 0.717) is 12.8 Å². The molecule has 10 nitrogen and oxygen atoms in total. The van der Waals surface area contributed by atoms with Crippen LogP contribution in [-0.2, 0) is 32.7 Å². The Morgan fingerprint density at radius 3 is 1.27 bits per heavy atom. The summed E-state index contributed by atoms with van der Waals surface area (Å²) in [5.41, 5.74) is 0. The first-order valence-corrected chi connectivity index (χ1v) is 27.3. The van der Waals surface area contributed by atoms with Crippen LogP contribution >= 0.6 is 7.82 Å². The quantitative estimate of drug-likeness (QED) is 0.0233. The van der Waals surface area contributed by atoms with Gasteiger partial charge in [-0.25, -0.2) is 4.57 Å². The number of allylic oxidation sites excluding steroid dienone is 4. The Labute approximate surface area is 380 Å². The van der Waals surface area contributed by atoms with E-state index in [2.05, 4.69) is 38.2 Å². The molecule has 0 amide bonds. The van der Waals surface area contributed by atoms with Gasteiger partial charge in [0.05, 0.1) is 19.8 Å². The summed E-state index contributed by atoms with van der Waals surface area (Å²) in [6.45, 7) is 2.40. The van der Waals surface area contributed by atoms with E-state index in [-0.39, 0.29) is 19.4 Å². The van der Waals surface area contributed by atoms with Gasteiger partial charge >= 0.3 is 19.8 Å². The molecule has 3 atom stereocenters. The number of hydrogen-bond donors (Lipinski definition) is 3. The molecule has 0 saturated heterocycles. The van der Waals surface area contributed by atoms with Gasteiger partial charge in [0.2, 0.25) is 0 Å². The molecular formula is C51H97O10P. The standard InChI is InChI=1S/C51H97O10P/c1-3-5-7-9-11-13-15-17-19-21-22-23-24-25-27-29-31-33-35-37-39-41-43-51(55)61-49(47-60-62(56,57)59-45-48(53)44-52)46-58-50(54)42-40-38-36-34-32-30-28-26-20-18-16-14-12-10-8-6-4-2/h12,14,18,20,48-49,52-53H,3-11,13,15-17,19,21-47H2,1-2H3,(H,56,57)/b14-12+,20-18+/t48-,49+/m0/s1. The molecule has 0 bridgehead atoms.